The van der Waals surface area contributed by atoms with Gasteiger partial charge in [0.15, 0.2) is 5.65 Å². The minimum Gasteiger partial charge on any atom is -0.340 e. The summed E-state index contributed by atoms with van der Waals surface area (Å²) in [5, 5.41) is 2.66. The van der Waals surface area contributed by atoms with Crippen molar-refractivity contribution in [3.63, 3.8) is 0 Å². The molecule has 0 radical (unpaired) electrons. The SMILES string of the molecule is Cn1c(=O)n(C)c2nc(NC(=O)CCC(=O)N3CCN(S(=O)(=O)c4ccccc4)CC3)ccc21. The van der Waals surface area contributed by atoms with E-state index in [4.69, 9.17) is 0 Å². The first kappa shape index (κ1) is 23.6. The fourth-order valence-corrected chi connectivity index (χ4v) is 5.38. The summed E-state index contributed by atoms with van der Waals surface area (Å²) in [4.78, 5) is 43.1. The molecule has 4 rings (SSSR count). The molecular weight excluding hydrogens is 460 g/mol. The van der Waals surface area contributed by atoms with Crippen LogP contribution in [0.15, 0.2) is 52.2 Å². The summed E-state index contributed by atoms with van der Waals surface area (Å²) in [6.45, 7) is 0.948. The number of sulfonamides is 1. The Labute approximate surface area is 196 Å². The zero-order valence-electron chi connectivity index (χ0n) is 19.0. The molecule has 0 atom stereocenters. The van der Waals surface area contributed by atoms with Crippen LogP contribution in [0.4, 0.5) is 5.82 Å². The van der Waals surface area contributed by atoms with E-state index in [0.717, 1.165) is 0 Å². The normalized spacial score (nSPS) is 14.9. The zero-order valence-corrected chi connectivity index (χ0v) is 19.8. The minimum atomic E-state index is -3.59. The van der Waals surface area contributed by atoms with E-state index in [1.54, 1.807) is 61.5 Å². The van der Waals surface area contributed by atoms with Gasteiger partial charge in [-0.25, -0.2) is 18.2 Å². The summed E-state index contributed by atoms with van der Waals surface area (Å²) in [5.74, 6) is -0.280. The summed E-state index contributed by atoms with van der Waals surface area (Å²) in [6, 6.07) is 11.5. The molecule has 1 aliphatic heterocycles. The number of amides is 2. The third kappa shape index (κ3) is 4.59. The number of fused-ring (bicyclic) bond motifs is 1. The van der Waals surface area contributed by atoms with Crippen LogP contribution < -0.4 is 11.0 Å². The predicted octanol–water partition coefficient (Wildman–Crippen LogP) is 0.524. The first-order chi connectivity index (χ1) is 16.2. The van der Waals surface area contributed by atoms with Crippen molar-refractivity contribution in [2.75, 3.05) is 31.5 Å². The van der Waals surface area contributed by atoms with Gasteiger partial charge in [0.2, 0.25) is 21.8 Å². The highest BCUT2D eigenvalue weighted by Crippen LogP contribution is 2.18. The molecule has 2 amide bonds. The van der Waals surface area contributed by atoms with Gasteiger partial charge in [0.25, 0.3) is 0 Å². The molecule has 0 spiro atoms. The number of nitrogens with one attached hydrogen (secondary N) is 1. The van der Waals surface area contributed by atoms with Gasteiger partial charge in [-0.1, -0.05) is 18.2 Å². The van der Waals surface area contributed by atoms with E-state index in [1.165, 1.54) is 13.4 Å². The zero-order chi connectivity index (χ0) is 24.5. The molecule has 3 heterocycles. The second kappa shape index (κ2) is 9.39. The summed E-state index contributed by atoms with van der Waals surface area (Å²) in [6.07, 6.45) is -0.0296. The number of aryl methyl sites for hydroxylation is 2. The Kier molecular flexibility index (Phi) is 6.53. The van der Waals surface area contributed by atoms with Crippen LogP contribution in [-0.4, -0.2) is 69.7 Å². The number of aromatic nitrogens is 3. The van der Waals surface area contributed by atoms with Crippen LogP contribution in [-0.2, 0) is 33.7 Å². The lowest BCUT2D eigenvalue weighted by Crippen LogP contribution is -2.50. The largest absolute Gasteiger partial charge is 0.340 e. The molecule has 0 aliphatic carbocycles. The topological polar surface area (TPSA) is 127 Å². The van der Waals surface area contributed by atoms with Gasteiger partial charge in [-0.3, -0.25) is 18.7 Å². The molecule has 1 N–H and O–H groups in total. The number of hydrogen-bond donors (Lipinski definition) is 1. The fraction of sp³-hybridized carbons (Fsp3) is 0.364. The van der Waals surface area contributed by atoms with E-state index in [9.17, 15) is 22.8 Å². The van der Waals surface area contributed by atoms with Crippen molar-refractivity contribution in [3.8, 4) is 0 Å². The monoisotopic (exact) mass is 486 g/mol. The molecule has 12 heteroatoms. The van der Waals surface area contributed by atoms with Crippen LogP contribution in [0.3, 0.4) is 0 Å². The van der Waals surface area contributed by atoms with Gasteiger partial charge < -0.3 is 10.2 Å². The van der Waals surface area contributed by atoms with Gasteiger partial charge in [-0.2, -0.15) is 4.31 Å². The third-order valence-corrected chi connectivity index (χ3v) is 7.83. The smallest absolute Gasteiger partial charge is 0.329 e. The van der Waals surface area contributed by atoms with Crippen molar-refractivity contribution in [3.05, 3.63) is 52.9 Å². The number of anilines is 1. The third-order valence-electron chi connectivity index (χ3n) is 5.91. The van der Waals surface area contributed by atoms with E-state index >= 15 is 0 Å². The summed E-state index contributed by atoms with van der Waals surface area (Å²) in [7, 11) is -0.340. The van der Waals surface area contributed by atoms with E-state index in [2.05, 4.69) is 10.3 Å². The van der Waals surface area contributed by atoms with Crippen LogP contribution in [0.1, 0.15) is 12.8 Å². The van der Waals surface area contributed by atoms with Crippen molar-refractivity contribution < 1.29 is 18.0 Å². The Hall–Kier alpha value is -3.51. The number of benzene rings is 1. The van der Waals surface area contributed by atoms with Crippen molar-refractivity contribution in [1.29, 1.82) is 0 Å². The number of pyridine rings is 1. The van der Waals surface area contributed by atoms with Crippen LogP contribution in [0.2, 0.25) is 0 Å². The van der Waals surface area contributed by atoms with Crippen molar-refractivity contribution in [2.45, 2.75) is 17.7 Å². The molecule has 0 saturated carbocycles. The lowest BCUT2D eigenvalue weighted by Gasteiger charge is -2.34. The maximum atomic E-state index is 12.7. The number of hydrogen-bond acceptors (Lipinski definition) is 6. The highest BCUT2D eigenvalue weighted by molar-refractivity contribution is 7.89. The molecule has 180 valence electrons. The standard InChI is InChI=1S/C22H26N6O5S/c1-25-17-8-9-18(24-21(17)26(2)22(25)31)23-19(29)10-11-20(30)27-12-14-28(15-13-27)34(32,33)16-6-4-3-5-7-16/h3-9H,10-15H2,1-2H3,(H,23,24,29). The molecule has 0 unspecified atom stereocenters. The molecule has 11 nitrogen and oxygen atoms in total. The number of rotatable bonds is 6. The first-order valence-electron chi connectivity index (χ1n) is 10.8. The van der Waals surface area contributed by atoms with Gasteiger partial charge in [0.1, 0.15) is 5.82 Å². The van der Waals surface area contributed by atoms with E-state index in [1.807, 2.05) is 0 Å². The molecule has 1 aliphatic rings. The van der Waals surface area contributed by atoms with Crippen LogP contribution in [0, 0.1) is 0 Å². The van der Waals surface area contributed by atoms with E-state index < -0.39 is 10.0 Å². The molecule has 3 aromatic rings. The van der Waals surface area contributed by atoms with Crippen LogP contribution in [0.5, 0.6) is 0 Å². The van der Waals surface area contributed by atoms with E-state index in [-0.39, 0.29) is 61.4 Å². The van der Waals surface area contributed by atoms with Crippen molar-refractivity contribution in [2.24, 2.45) is 14.1 Å². The molecule has 1 saturated heterocycles. The molecule has 2 aromatic heterocycles. The summed E-state index contributed by atoms with van der Waals surface area (Å²) in [5.41, 5.74) is 0.882. The van der Waals surface area contributed by atoms with Gasteiger partial charge in [0, 0.05) is 53.1 Å². The number of imidazole rings is 1. The predicted molar refractivity (Wildman–Crippen MR) is 126 cm³/mol. The van der Waals surface area contributed by atoms with E-state index in [0.29, 0.717) is 17.0 Å². The van der Waals surface area contributed by atoms with Crippen molar-refractivity contribution in [1.82, 2.24) is 23.3 Å². The maximum Gasteiger partial charge on any atom is 0.329 e. The quantitative estimate of drug-likeness (QED) is 0.541. The highest BCUT2D eigenvalue weighted by atomic mass is 32.2. The maximum absolute atomic E-state index is 12.7. The number of carbonyl (C=O) groups is 2. The lowest BCUT2D eigenvalue weighted by atomic mass is 10.2. The lowest BCUT2D eigenvalue weighted by molar-refractivity contribution is -0.133. The van der Waals surface area contributed by atoms with Gasteiger partial charge in [-0.15, -0.1) is 0 Å². The Bertz CT molecular complexity index is 1390. The first-order valence-corrected chi connectivity index (χ1v) is 12.3. The number of carbonyl (C=O) groups excluding carboxylic acids is 2. The molecular formula is C22H26N6O5S. The molecule has 34 heavy (non-hydrogen) atoms. The summed E-state index contributed by atoms with van der Waals surface area (Å²) < 4.78 is 29.7. The second-order valence-electron chi connectivity index (χ2n) is 8.09. The number of nitrogens with zero attached hydrogens (tertiary/aromatic N) is 5. The van der Waals surface area contributed by atoms with Gasteiger partial charge in [-0.05, 0) is 24.3 Å². The summed E-state index contributed by atoms with van der Waals surface area (Å²) >= 11 is 0. The Morgan fingerprint density at radius 2 is 1.62 bits per heavy atom. The van der Waals surface area contributed by atoms with Gasteiger partial charge in [0.05, 0.1) is 10.4 Å². The fourth-order valence-electron chi connectivity index (χ4n) is 3.94. The van der Waals surface area contributed by atoms with Crippen molar-refractivity contribution >= 4 is 38.8 Å². The molecule has 0 bridgehead atoms. The highest BCUT2D eigenvalue weighted by Gasteiger charge is 2.30. The average molecular weight is 487 g/mol. The Balaban J connectivity index is 1.29. The Morgan fingerprint density at radius 1 is 0.941 bits per heavy atom. The number of piperazine rings is 1. The van der Waals surface area contributed by atoms with Gasteiger partial charge >= 0.3 is 5.69 Å². The Morgan fingerprint density at radius 3 is 2.29 bits per heavy atom. The minimum absolute atomic E-state index is 0.00331. The average Bonchev–Trinajstić information content (AvgIpc) is 3.06. The molecule has 1 aromatic carbocycles. The van der Waals surface area contributed by atoms with Crippen LogP contribution >= 0.6 is 0 Å². The second-order valence-corrected chi connectivity index (χ2v) is 10.0. The van der Waals surface area contributed by atoms with Crippen LogP contribution in [0.25, 0.3) is 11.2 Å². The molecule has 1 fully saturated rings.